The first-order valence-electron chi connectivity index (χ1n) is 8.01. The first-order valence-corrected chi connectivity index (χ1v) is 8.89. The molecular formula is C17H18N6S. The molecule has 7 heteroatoms. The predicted octanol–water partition coefficient (Wildman–Crippen LogP) is 3.65. The van der Waals surface area contributed by atoms with E-state index in [0.717, 1.165) is 40.9 Å². The van der Waals surface area contributed by atoms with E-state index < -0.39 is 0 Å². The number of pyridine rings is 1. The molecule has 1 saturated heterocycles. The number of anilines is 3. The van der Waals surface area contributed by atoms with Crippen molar-refractivity contribution in [1.82, 2.24) is 19.9 Å². The summed E-state index contributed by atoms with van der Waals surface area (Å²) in [6.07, 6.45) is 6.09. The Balaban J connectivity index is 1.52. The van der Waals surface area contributed by atoms with E-state index in [1.807, 2.05) is 36.8 Å². The number of hydrogen-bond acceptors (Lipinski definition) is 7. The van der Waals surface area contributed by atoms with Crippen LogP contribution in [0.25, 0.3) is 10.6 Å². The fourth-order valence-electron chi connectivity index (χ4n) is 2.82. The van der Waals surface area contributed by atoms with Gasteiger partial charge in [-0.1, -0.05) is 0 Å². The van der Waals surface area contributed by atoms with E-state index in [1.54, 1.807) is 17.5 Å². The van der Waals surface area contributed by atoms with Crippen molar-refractivity contribution in [3.05, 3.63) is 41.8 Å². The normalized spacial score (nSPS) is 14.1. The summed E-state index contributed by atoms with van der Waals surface area (Å²) >= 11 is 1.59. The van der Waals surface area contributed by atoms with Crippen molar-refractivity contribution in [1.29, 1.82) is 0 Å². The zero-order valence-corrected chi connectivity index (χ0v) is 14.3. The number of hydrogen-bond donors (Lipinski definition) is 1. The summed E-state index contributed by atoms with van der Waals surface area (Å²) in [5.41, 5.74) is 4.59. The van der Waals surface area contributed by atoms with Gasteiger partial charge in [0.1, 0.15) is 5.82 Å². The van der Waals surface area contributed by atoms with Gasteiger partial charge in [0, 0.05) is 19.3 Å². The smallest absolute Gasteiger partial charge is 0.227 e. The molecule has 3 aromatic rings. The molecule has 1 aliphatic heterocycles. The molecule has 0 radical (unpaired) electrons. The Bertz CT molecular complexity index is 823. The SMILES string of the molecule is Cc1ncsc1-c1ccnc(Nc2ccc(N3CCCC3)nc2)n1. The van der Waals surface area contributed by atoms with Crippen LogP contribution in [-0.2, 0) is 0 Å². The summed E-state index contributed by atoms with van der Waals surface area (Å²) in [5, 5.41) is 3.22. The van der Waals surface area contributed by atoms with Gasteiger partial charge in [-0.05, 0) is 38.0 Å². The number of rotatable bonds is 4. The molecule has 0 unspecified atom stereocenters. The van der Waals surface area contributed by atoms with Crippen molar-refractivity contribution >= 4 is 28.8 Å². The van der Waals surface area contributed by atoms with Crippen molar-refractivity contribution in [2.45, 2.75) is 19.8 Å². The van der Waals surface area contributed by atoms with E-state index >= 15 is 0 Å². The fraction of sp³-hybridized carbons (Fsp3) is 0.294. The molecule has 0 aliphatic carbocycles. The lowest BCUT2D eigenvalue weighted by molar-refractivity contribution is 0.938. The highest BCUT2D eigenvalue weighted by molar-refractivity contribution is 7.13. The Morgan fingerprint density at radius 2 is 1.96 bits per heavy atom. The molecule has 1 N–H and O–H groups in total. The molecule has 0 aromatic carbocycles. The van der Waals surface area contributed by atoms with Gasteiger partial charge < -0.3 is 10.2 Å². The maximum atomic E-state index is 4.58. The van der Waals surface area contributed by atoms with Crippen LogP contribution in [0.4, 0.5) is 17.5 Å². The molecule has 0 bridgehead atoms. The minimum Gasteiger partial charge on any atom is -0.357 e. The molecule has 1 fully saturated rings. The van der Waals surface area contributed by atoms with Crippen molar-refractivity contribution in [2.24, 2.45) is 0 Å². The summed E-state index contributed by atoms with van der Waals surface area (Å²) in [5.74, 6) is 1.60. The van der Waals surface area contributed by atoms with E-state index in [1.165, 1.54) is 12.8 Å². The molecule has 4 heterocycles. The topological polar surface area (TPSA) is 66.8 Å². The van der Waals surface area contributed by atoms with E-state index in [9.17, 15) is 0 Å². The molecule has 24 heavy (non-hydrogen) atoms. The zero-order valence-electron chi connectivity index (χ0n) is 13.4. The van der Waals surface area contributed by atoms with Crippen LogP contribution in [0.5, 0.6) is 0 Å². The number of aromatic nitrogens is 4. The minimum atomic E-state index is 0.566. The second kappa shape index (κ2) is 6.52. The first-order chi connectivity index (χ1) is 11.8. The molecule has 3 aromatic heterocycles. The Morgan fingerprint density at radius 3 is 2.67 bits per heavy atom. The average Bonchev–Trinajstić information content (AvgIpc) is 3.27. The van der Waals surface area contributed by atoms with Crippen LogP contribution >= 0.6 is 11.3 Å². The fourth-order valence-corrected chi connectivity index (χ4v) is 3.59. The maximum absolute atomic E-state index is 4.58. The van der Waals surface area contributed by atoms with Crippen LogP contribution in [-0.4, -0.2) is 33.0 Å². The summed E-state index contributed by atoms with van der Waals surface area (Å²) < 4.78 is 0. The monoisotopic (exact) mass is 338 g/mol. The summed E-state index contributed by atoms with van der Waals surface area (Å²) in [6, 6.07) is 5.97. The summed E-state index contributed by atoms with van der Waals surface area (Å²) in [6.45, 7) is 4.18. The average molecular weight is 338 g/mol. The molecule has 0 amide bonds. The zero-order chi connectivity index (χ0) is 16.4. The third kappa shape index (κ3) is 3.07. The van der Waals surface area contributed by atoms with E-state index in [-0.39, 0.29) is 0 Å². The van der Waals surface area contributed by atoms with Crippen LogP contribution < -0.4 is 10.2 Å². The van der Waals surface area contributed by atoms with Gasteiger partial charge in [0.2, 0.25) is 5.95 Å². The van der Waals surface area contributed by atoms with Crippen molar-refractivity contribution in [3.63, 3.8) is 0 Å². The van der Waals surface area contributed by atoms with Gasteiger partial charge in [0.05, 0.1) is 33.7 Å². The molecule has 6 nitrogen and oxygen atoms in total. The molecule has 4 rings (SSSR count). The van der Waals surface area contributed by atoms with Gasteiger partial charge >= 0.3 is 0 Å². The molecule has 122 valence electrons. The van der Waals surface area contributed by atoms with Crippen LogP contribution in [0.1, 0.15) is 18.5 Å². The minimum absolute atomic E-state index is 0.566. The Labute approximate surface area is 144 Å². The second-order valence-electron chi connectivity index (χ2n) is 5.76. The van der Waals surface area contributed by atoms with Crippen LogP contribution in [0.15, 0.2) is 36.1 Å². The van der Waals surface area contributed by atoms with Crippen LogP contribution in [0.3, 0.4) is 0 Å². The Morgan fingerprint density at radius 1 is 1.08 bits per heavy atom. The van der Waals surface area contributed by atoms with Crippen molar-refractivity contribution in [3.8, 4) is 10.6 Å². The number of thiazole rings is 1. The lowest BCUT2D eigenvalue weighted by Crippen LogP contribution is -2.18. The number of nitrogens with one attached hydrogen (secondary N) is 1. The third-order valence-corrected chi connectivity index (χ3v) is 5.02. The van der Waals surface area contributed by atoms with Crippen LogP contribution in [0, 0.1) is 6.92 Å². The summed E-state index contributed by atoms with van der Waals surface area (Å²) in [4.78, 5) is 21.1. The van der Waals surface area contributed by atoms with Gasteiger partial charge in [-0.3, -0.25) is 0 Å². The Kier molecular flexibility index (Phi) is 4.08. The lowest BCUT2D eigenvalue weighted by Gasteiger charge is -2.16. The molecule has 0 spiro atoms. The maximum Gasteiger partial charge on any atom is 0.227 e. The lowest BCUT2D eigenvalue weighted by atomic mass is 10.3. The molecule has 0 atom stereocenters. The Hall–Kier alpha value is -2.54. The van der Waals surface area contributed by atoms with Crippen LogP contribution in [0.2, 0.25) is 0 Å². The standard InChI is InChI=1S/C17H18N6S/c1-12-16(24-11-20-12)14-6-7-18-17(22-14)21-13-4-5-15(19-10-13)23-8-2-3-9-23/h4-7,10-11H,2-3,8-9H2,1H3,(H,18,21,22). The highest BCUT2D eigenvalue weighted by Crippen LogP contribution is 2.26. The van der Waals surface area contributed by atoms with Gasteiger partial charge in [0.15, 0.2) is 0 Å². The highest BCUT2D eigenvalue weighted by Gasteiger charge is 2.13. The van der Waals surface area contributed by atoms with E-state index in [0.29, 0.717) is 5.95 Å². The van der Waals surface area contributed by atoms with Gasteiger partial charge in [-0.15, -0.1) is 11.3 Å². The van der Waals surface area contributed by atoms with Gasteiger partial charge in [-0.2, -0.15) is 0 Å². The van der Waals surface area contributed by atoms with Crippen molar-refractivity contribution < 1.29 is 0 Å². The number of nitrogens with zero attached hydrogens (tertiary/aromatic N) is 5. The van der Waals surface area contributed by atoms with Gasteiger partial charge in [0.25, 0.3) is 0 Å². The quantitative estimate of drug-likeness (QED) is 0.783. The largest absolute Gasteiger partial charge is 0.357 e. The molecular weight excluding hydrogens is 320 g/mol. The van der Waals surface area contributed by atoms with E-state index in [4.69, 9.17) is 0 Å². The van der Waals surface area contributed by atoms with Gasteiger partial charge in [-0.25, -0.2) is 19.9 Å². The second-order valence-corrected chi connectivity index (χ2v) is 6.61. The summed E-state index contributed by atoms with van der Waals surface area (Å²) in [7, 11) is 0. The highest BCUT2D eigenvalue weighted by atomic mass is 32.1. The predicted molar refractivity (Wildman–Crippen MR) is 96.8 cm³/mol. The van der Waals surface area contributed by atoms with Crippen molar-refractivity contribution in [2.75, 3.05) is 23.3 Å². The first kappa shape index (κ1) is 15.0. The third-order valence-electron chi connectivity index (χ3n) is 4.07. The number of aryl methyl sites for hydroxylation is 1. The van der Waals surface area contributed by atoms with E-state index in [2.05, 4.69) is 30.2 Å². The molecule has 1 aliphatic rings. The molecule has 0 saturated carbocycles.